The standard InChI is InChI=1S/C14H11BrCl2N2O/c1-7-4-10(15)13(6-12(7)17)19-14(20)9-5-8(18)2-3-11(9)16/h2-6H,18H2,1H3,(H,19,20). The number of halogens is 3. The Hall–Kier alpha value is -1.23. The van der Waals surface area contributed by atoms with E-state index < -0.39 is 0 Å². The van der Waals surface area contributed by atoms with Crippen molar-refractivity contribution in [3.8, 4) is 0 Å². The minimum atomic E-state index is -0.345. The fourth-order valence-electron chi connectivity index (χ4n) is 1.65. The number of hydrogen-bond donors (Lipinski definition) is 2. The summed E-state index contributed by atoms with van der Waals surface area (Å²) in [7, 11) is 0. The van der Waals surface area contributed by atoms with Gasteiger partial charge in [0, 0.05) is 15.2 Å². The maximum absolute atomic E-state index is 12.2. The quantitative estimate of drug-likeness (QED) is 0.735. The summed E-state index contributed by atoms with van der Waals surface area (Å²) in [6, 6.07) is 8.26. The van der Waals surface area contributed by atoms with Crippen LogP contribution in [0.3, 0.4) is 0 Å². The summed E-state index contributed by atoms with van der Waals surface area (Å²) >= 11 is 15.4. The predicted molar refractivity (Wildman–Crippen MR) is 87.7 cm³/mol. The Bertz CT molecular complexity index is 689. The highest BCUT2D eigenvalue weighted by molar-refractivity contribution is 9.10. The Morgan fingerprint density at radius 2 is 1.90 bits per heavy atom. The molecule has 6 heteroatoms. The molecule has 0 fully saturated rings. The lowest BCUT2D eigenvalue weighted by Gasteiger charge is -2.11. The topological polar surface area (TPSA) is 55.1 Å². The molecule has 2 aromatic rings. The summed E-state index contributed by atoms with van der Waals surface area (Å²) in [5.74, 6) is -0.345. The molecule has 1 amide bonds. The molecule has 0 radical (unpaired) electrons. The van der Waals surface area contributed by atoms with E-state index in [1.54, 1.807) is 18.2 Å². The molecule has 0 heterocycles. The lowest BCUT2D eigenvalue weighted by molar-refractivity contribution is 0.102. The van der Waals surface area contributed by atoms with Crippen LogP contribution in [0, 0.1) is 6.92 Å². The molecule has 2 rings (SSSR count). The second-order valence-electron chi connectivity index (χ2n) is 4.27. The minimum absolute atomic E-state index is 0.315. The van der Waals surface area contributed by atoms with Gasteiger partial charge in [0.2, 0.25) is 0 Å². The van der Waals surface area contributed by atoms with Crippen LogP contribution < -0.4 is 11.1 Å². The number of nitrogen functional groups attached to an aromatic ring is 1. The number of anilines is 2. The number of carbonyl (C=O) groups excluding carboxylic acids is 1. The number of carbonyl (C=O) groups is 1. The fraction of sp³-hybridized carbons (Fsp3) is 0.0714. The van der Waals surface area contributed by atoms with Crippen LogP contribution in [0.1, 0.15) is 15.9 Å². The molecule has 0 saturated heterocycles. The zero-order valence-corrected chi connectivity index (χ0v) is 13.6. The van der Waals surface area contributed by atoms with Gasteiger partial charge in [-0.25, -0.2) is 0 Å². The minimum Gasteiger partial charge on any atom is -0.399 e. The van der Waals surface area contributed by atoms with Crippen molar-refractivity contribution in [2.75, 3.05) is 11.1 Å². The third kappa shape index (κ3) is 3.26. The van der Waals surface area contributed by atoms with Gasteiger partial charge in [-0.05, 0) is 58.7 Å². The molecule has 0 aliphatic rings. The lowest BCUT2D eigenvalue weighted by Crippen LogP contribution is -2.13. The predicted octanol–water partition coefficient (Wildman–Crippen LogP) is 4.90. The Morgan fingerprint density at radius 3 is 2.60 bits per heavy atom. The molecule has 0 unspecified atom stereocenters. The van der Waals surface area contributed by atoms with Gasteiger partial charge in [-0.3, -0.25) is 4.79 Å². The van der Waals surface area contributed by atoms with Gasteiger partial charge in [-0.2, -0.15) is 0 Å². The van der Waals surface area contributed by atoms with E-state index in [2.05, 4.69) is 21.2 Å². The Kier molecular flexibility index (Phi) is 4.58. The van der Waals surface area contributed by atoms with Crippen molar-refractivity contribution >= 4 is 56.4 Å². The third-order valence-electron chi connectivity index (χ3n) is 2.73. The summed E-state index contributed by atoms with van der Waals surface area (Å²) in [5.41, 5.74) is 7.94. The molecular weight excluding hydrogens is 363 g/mol. The van der Waals surface area contributed by atoms with Gasteiger partial charge in [0.25, 0.3) is 5.91 Å². The van der Waals surface area contributed by atoms with Crippen LogP contribution in [0.25, 0.3) is 0 Å². The molecule has 0 aromatic heterocycles. The molecule has 0 saturated carbocycles. The molecule has 2 aromatic carbocycles. The Labute approximate surface area is 135 Å². The molecule has 0 aliphatic heterocycles. The molecular formula is C14H11BrCl2N2O. The van der Waals surface area contributed by atoms with Gasteiger partial charge in [-0.1, -0.05) is 23.2 Å². The average Bonchev–Trinajstić information content (AvgIpc) is 2.38. The van der Waals surface area contributed by atoms with E-state index in [-0.39, 0.29) is 5.91 Å². The second kappa shape index (κ2) is 6.04. The highest BCUT2D eigenvalue weighted by Gasteiger charge is 2.13. The van der Waals surface area contributed by atoms with Gasteiger partial charge >= 0.3 is 0 Å². The normalized spacial score (nSPS) is 10.4. The van der Waals surface area contributed by atoms with Crippen molar-refractivity contribution in [3.05, 3.63) is 56.0 Å². The largest absolute Gasteiger partial charge is 0.399 e. The van der Waals surface area contributed by atoms with E-state index in [1.807, 2.05) is 13.0 Å². The van der Waals surface area contributed by atoms with Crippen molar-refractivity contribution < 1.29 is 4.79 Å². The van der Waals surface area contributed by atoms with Crippen LogP contribution in [0.4, 0.5) is 11.4 Å². The molecule has 3 nitrogen and oxygen atoms in total. The van der Waals surface area contributed by atoms with Gasteiger partial charge in [-0.15, -0.1) is 0 Å². The molecule has 0 aliphatic carbocycles. The number of amides is 1. The number of hydrogen-bond acceptors (Lipinski definition) is 2. The van der Waals surface area contributed by atoms with Gasteiger partial charge in [0.15, 0.2) is 0 Å². The number of aryl methyl sites for hydroxylation is 1. The lowest BCUT2D eigenvalue weighted by atomic mass is 10.1. The highest BCUT2D eigenvalue weighted by atomic mass is 79.9. The Balaban J connectivity index is 2.32. The van der Waals surface area contributed by atoms with Crippen LogP contribution in [0.5, 0.6) is 0 Å². The maximum atomic E-state index is 12.2. The van der Waals surface area contributed by atoms with Gasteiger partial charge in [0.05, 0.1) is 16.3 Å². The van der Waals surface area contributed by atoms with Crippen molar-refractivity contribution in [1.82, 2.24) is 0 Å². The molecule has 104 valence electrons. The first-order valence-corrected chi connectivity index (χ1v) is 7.25. The first kappa shape index (κ1) is 15.2. The van der Waals surface area contributed by atoms with Crippen molar-refractivity contribution in [1.29, 1.82) is 0 Å². The molecule has 20 heavy (non-hydrogen) atoms. The van der Waals surface area contributed by atoms with Crippen LogP contribution in [-0.2, 0) is 0 Å². The number of nitrogens with two attached hydrogens (primary N) is 1. The van der Waals surface area contributed by atoms with Crippen LogP contribution >= 0.6 is 39.1 Å². The van der Waals surface area contributed by atoms with E-state index in [0.29, 0.717) is 27.0 Å². The molecule has 3 N–H and O–H groups in total. The van der Waals surface area contributed by atoms with Crippen molar-refractivity contribution in [2.45, 2.75) is 6.92 Å². The summed E-state index contributed by atoms with van der Waals surface area (Å²) in [6.07, 6.45) is 0. The van der Waals surface area contributed by atoms with E-state index in [4.69, 9.17) is 28.9 Å². The van der Waals surface area contributed by atoms with Crippen molar-refractivity contribution in [2.24, 2.45) is 0 Å². The van der Waals surface area contributed by atoms with Crippen LogP contribution in [0.15, 0.2) is 34.8 Å². The van der Waals surface area contributed by atoms with Gasteiger partial charge < -0.3 is 11.1 Å². The molecule has 0 spiro atoms. The van der Waals surface area contributed by atoms with E-state index in [0.717, 1.165) is 10.0 Å². The smallest absolute Gasteiger partial charge is 0.257 e. The van der Waals surface area contributed by atoms with E-state index in [9.17, 15) is 4.79 Å². The van der Waals surface area contributed by atoms with Crippen LogP contribution in [0.2, 0.25) is 10.0 Å². The second-order valence-corrected chi connectivity index (χ2v) is 5.94. The number of benzene rings is 2. The highest BCUT2D eigenvalue weighted by Crippen LogP contribution is 2.30. The Morgan fingerprint density at radius 1 is 1.20 bits per heavy atom. The summed E-state index contributed by atoms with van der Waals surface area (Å²) < 4.78 is 0.743. The third-order valence-corrected chi connectivity index (χ3v) is 4.12. The van der Waals surface area contributed by atoms with Crippen molar-refractivity contribution in [3.63, 3.8) is 0 Å². The summed E-state index contributed by atoms with van der Waals surface area (Å²) in [6.45, 7) is 1.88. The van der Waals surface area contributed by atoms with E-state index >= 15 is 0 Å². The zero-order valence-electron chi connectivity index (χ0n) is 10.5. The first-order valence-electron chi connectivity index (χ1n) is 5.70. The fourth-order valence-corrected chi connectivity index (χ4v) is 2.57. The van der Waals surface area contributed by atoms with Crippen LogP contribution in [-0.4, -0.2) is 5.91 Å². The van der Waals surface area contributed by atoms with E-state index in [1.165, 1.54) is 6.07 Å². The monoisotopic (exact) mass is 372 g/mol. The first-order chi connectivity index (χ1) is 9.38. The summed E-state index contributed by atoms with van der Waals surface area (Å²) in [5, 5.41) is 3.66. The SMILES string of the molecule is Cc1cc(Br)c(NC(=O)c2cc(N)ccc2Cl)cc1Cl. The maximum Gasteiger partial charge on any atom is 0.257 e. The summed E-state index contributed by atoms with van der Waals surface area (Å²) in [4.78, 5) is 12.2. The number of nitrogens with one attached hydrogen (secondary N) is 1. The molecule has 0 bridgehead atoms. The zero-order chi connectivity index (χ0) is 14.9. The average molecular weight is 374 g/mol. The van der Waals surface area contributed by atoms with Gasteiger partial charge in [0.1, 0.15) is 0 Å². The molecule has 0 atom stereocenters. The number of rotatable bonds is 2.